The number of rotatable bonds is 6. The smallest absolute Gasteiger partial charge is 0.0762 e. The van der Waals surface area contributed by atoms with Crippen molar-refractivity contribution in [2.75, 3.05) is 0 Å². The molecular formula is C96H88O6. The van der Waals surface area contributed by atoms with Gasteiger partial charge in [0.25, 0.3) is 0 Å². The monoisotopic (exact) mass is 1340 g/mol. The van der Waals surface area contributed by atoms with Gasteiger partial charge in [0, 0.05) is 0 Å². The minimum atomic E-state index is -0.385. The minimum absolute atomic E-state index is 0.351. The lowest BCUT2D eigenvalue weighted by molar-refractivity contribution is 0.199. The van der Waals surface area contributed by atoms with Crippen LogP contribution < -0.4 is 0 Å². The van der Waals surface area contributed by atoms with E-state index < -0.39 is 0 Å². The molecule has 2 aliphatic rings. The van der Waals surface area contributed by atoms with Crippen molar-refractivity contribution >= 4 is 108 Å². The molecule has 0 saturated carbocycles. The Morgan fingerprint density at radius 3 is 0.549 bits per heavy atom. The van der Waals surface area contributed by atoms with Gasteiger partial charge in [0.05, 0.1) is 36.6 Å². The van der Waals surface area contributed by atoms with Crippen LogP contribution in [0.1, 0.15) is 134 Å². The molecule has 0 aliphatic heterocycles. The lowest BCUT2D eigenvalue weighted by atomic mass is 9.83. The van der Waals surface area contributed by atoms with Crippen LogP contribution in [0.5, 0.6) is 0 Å². The van der Waals surface area contributed by atoms with Crippen molar-refractivity contribution in [3.05, 3.63) is 359 Å². The Bertz CT molecular complexity index is 4960. The number of hydrogen-bond acceptors (Lipinski definition) is 6. The molecule has 6 atom stereocenters. The van der Waals surface area contributed by atoms with E-state index in [1.165, 1.54) is 130 Å². The molecule has 6 unspecified atom stereocenters. The molecule has 0 spiro atoms. The number of allylic oxidation sites excluding steroid dienone is 4. The highest BCUT2D eigenvalue weighted by Gasteiger charge is 2.20. The molecule has 17 aromatic rings. The zero-order valence-corrected chi connectivity index (χ0v) is 58.8. The lowest BCUT2D eigenvalue weighted by Gasteiger charge is -2.20. The summed E-state index contributed by atoms with van der Waals surface area (Å²) >= 11 is 0. The first-order chi connectivity index (χ1) is 49.5. The third kappa shape index (κ3) is 15.6. The van der Waals surface area contributed by atoms with E-state index in [2.05, 4.69) is 170 Å². The van der Waals surface area contributed by atoms with Crippen molar-refractivity contribution < 1.29 is 30.6 Å². The average Bonchev–Trinajstić information content (AvgIpc) is 0.690. The van der Waals surface area contributed by atoms with Crippen LogP contribution in [0.4, 0.5) is 0 Å². The molecule has 17 aromatic carbocycles. The summed E-state index contributed by atoms with van der Waals surface area (Å²) in [6.07, 6.45) is 10.6. The number of hydrogen-bond donors (Lipinski definition) is 6. The second kappa shape index (κ2) is 31.5. The van der Waals surface area contributed by atoms with E-state index in [0.29, 0.717) is 0 Å². The SMILES string of the molecule is CC(O)c1ccc2c(c1)CC=CC2.CC(O)c1ccc2c(c1)CC=CC2.CC(O)c1ccc2ccccc2c1.CC(O)c1ccc2ccccc2c1.CC(O)c1ccc2ccccc2c1.CC(O)c1ccc2ccccc2c1.c1cc2ccc3ccc4ccc5ccc6ccc1c1c2c3c4c5c61. The van der Waals surface area contributed by atoms with Gasteiger partial charge in [-0.25, -0.2) is 0 Å². The Hall–Kier alpha value is -10.6. The lowest BCUT2D eigenvalue weighted by Crippen LogP contribution is -2.00. The van der Waals surface area contributed by atoms with Gasteiger partial charge in [-0.2, -0.15) is 0 Å². The van der Waals surface area contributed by atoms with E-state index in [4.69, 9.17) is 0 Å². The molecule has 0 aromatic heterocycles. The molecule has 6 N–H and O–H groups in total. The van der Waals surface area contributed by atoms with Crippen LogP contribution >= 0.6 is 0 Å². The summed E-state index contributed by atoms with van der Waals surface area (Å²) in [5, 5.41) is 82.6. The molecule has 0 heterocycles. The van der Waals surface area contributed by atoms with Gasteiger partial charge in [-0.3, -0.25) is 0 Å². The van der Waals surface area contributed by atoms with Crippen LogP contribution in [-0.4, -0.2) is 30.6 Å². The molecule has 102 heavy (non-hydrogen) atoms. The largest absolute Gasteiger partial charge is 0.389 e. The van der Waals surface area contributed by atoms with Gasteiger partial charge in [-0.05, 0) is 255 Å². The van der Waals surface area contributed by atoms with Crippen molar-refractivity contribution in [1.29, 1.82) is 0 Å². The second-order valence-corrected chi connectivity index (χ2v) is 27.3. The fourth-order valence-electron chi connectivity index (χ4n) is 14.2. The van der Waals surface area contributed by atoms with E-state index in [0.717, 1.165) is 59.1 Å². The number of benzene rings is 17. The molecule has 6 heteroatoms. The van der Waals surface area contributed by atoms with Gasteiger partial charge < -0.3 is 30.6 Å². The normalized spacial score (nSPS) is 14.0. The summed E-state index contributed by atoms with van der Waals surface area (Å²) in [4.78, 5) is 0. The van der Waals surface area contributed by atoms with E-state index >= 15 is 0 Å². The first kappa shape index (κ1) is 69.8. The Labute approximate surface area is 597 Å². The summed E-state index contributed by atoms with van der Waals surface area (Å²) < 4.78 is 0. The van der Waals surface area contributed by atoms with E-state index in [1.807, 2.05) is 133 Å². The maximum absolute atomic E-state index is 9.41. The highest BCUT2D eigenvalue weighted by molar-refractivity contribution is 6.44. The average molecular weight is 1340 g/mol. The van der Waals surface area contributed by atoms with E-state index in [9.17, 15) is 30.6 Å². The third-order valence-corrected chi connectivity index (χ3v) is 20.0. The molecule has 19 rings (SSSR count). The predicted molar refractivity (Wildman–Crippen MR) is 431 cm³/mol. The molecule has 2 aliphatic carbocycles. The summed E-state index contributed by atoms with van der Waals surface area (Å²) in [5.41, 5.74) is 11.4. The Morgan fingerprint density at radius 1 is 0.176 bits per heavy atom. The standard InChI is InChI=1S/C24H12.2C12H14O.4C12H12O/c1-2-14-5-6-16-9-11-18-12-10-17-8-7-15-4-3-13(1)19-20(14)22(16)24(18)23(17)21(15)19;6*1-9(13)11-7-6-10-4-2-3-5-12(10)8-11/h1-12H;2*2-3,6-9,13H,4-5H2,1H3;4*2-9,13H,1H3. The van der Waals surface area contributed by atoms with E-state index in [-0.39, 0.29) is 36.6 Å². The van der Waals surface area contributed by atoms with Crippen LogP contribution in [0.2, 0.25) is 0 Å². The fraction of sp³-hybridized carbons (Fsp3) is 0.167. The van der Waals surface area contributed by atoms with Crippen molar-refractivity contribution in [2.45, 2.75) is 104 Å². The van der Waals surface area contributed by atoms with Gasteiger partial charge >= 0.3 is 0 Å². The predicted octanol–water partition coefficient (Wildman–Crippen LogP) is 23.3. The third-order valence-electron chi connectivity index (χ3n) is 20.0. The first-order valence-electron chi connectivity index (χ1n) is 35.7. The molecule has 0 amide bonds. The van der Waals surface area contributed by atoms with Crippen LogP contribution in [0, 0.1) is 0 Å². The Morgan fingerprint density at radius 2 is 0.343 bits per heavy atom. The molecular weight excluding hydrogens is 1250 g/mol. The highest BCUT2D eigenvalue weighted by Crippen LogP contribution is 2.48. The minimum Gasteiger partial charge on any atom is -0.389 e. The summed E-state index contributed by atoms with van der Waals surface area (Å²) in [6.45, 7) is 10.7. The van der Waals surface area contributed by atoms with Gasteiger partial charge in [-0.15, -0.1) is 0 Å². The molecule has 0 bridgehead atoms. The van der Waals surface area contributed by atoms with Crippen molar-refractivity contribution in [1.82, 2.24) is 0 Å². The number of aliphatic hydroxyl groups excluding tert-OH is 6. The van der Waals surface area contributed by atoms with Crippen LogP contribution in [-0.2, 0) is 25.7 Å². The van der Waals surface area contributed by atoms with E-state index in [1.54, 1.807) is 41.5 Å². The van der Waals surface area contributed by atoms with Crippen LogP contribution in [0.25, 0.3) is 108 Å². The van der Waals surface area contributed by atoms with Crippen LogP contribution in [0.3, 0.4) is 0 Å². The first-order valence-corrected chi connectivity index (χ1v) is 35.7. The van der Waals surface area contributed by atoms with Crippen LogP contribution in [0.15, 0.2) is 303 Å². The number of aliphatic hydroxyl groups is 6. The Balaban J connectivity index is 0.000000108. The van der Waals surface area contributed by atoms with Crippen molar-refractivity contribution in [3.63, 3.8) is 0 Å². The molecule has 0 radical (unpaired) electrons. The summed E-state index contributed by atoms with van der Waals surface area (Å²) in [7, 11) is 0. The summed E-state index contributed by atoms with van der Waals surface area (Å²) in [5.74, 6) is 0. The molecule has 508 valence electrons. The summed E-state index contributed by atoms with van der Waals surface area (Å²) in [6, 6.07) is 96.5. The highest BCUT2D eigenvalue weighted by atomic mass is 16.3. The maximum Gasteiger partial charge on any atom is 0.0762 e. The zero-order chi connectivity index (χ0) is 71.0. The van der Waals surface area contributed by atoms with Gasteiger partial charge in [-0.1, -0.05) is 279 Å². The topological polar surface area (TPSA) is 121 Å². The molecule has 6 nitrogen and oxygen atoms in total. The zero-order valence-electron chi connectivity index (χ0n) is 58.8. The Kier molecular flexibility index (Phi) is 21.6. The van der Waals surface area contributed by atoms with Gasteiger partial charge in [0.1, 0.15) is 0 Å². The fourth-order valence-corrected chi connectivity index (χ4v) is 14.2. The molecule has 0 fully saturated rings. The van der Waals surface area contributed by atoms with Gasteiger partial charge in [0.2, 0.25) is 0 Å². The quantitative estimate of drug-likeness (QED) is 0.0560. The number of fused-ring (bicyclic) bond motifs is 6. The maximum atomic E-state index is 9.41. The van der Waals surface area contributed by atoms with Crippen molar-refractivity contribution in [2.24, 2.45) is 0 Å². The van der Waals surface area contributed by atoms with Crippen molar-refractivity contribution in [3.8, 4) is 0 Å². The van der Waals surface area contributed by atoms with Gasteiger partial charge in [0.15, 0.2) is 0 Å². The molecule has 0 saturated heterocycles. The second-order valence-electron chi connectivity index (χ2n) is 27.3.